The SMILES string of the molecule is Cc1noc(C)c1CCC(=O)Nc1cc(Cl)ccc1Cl. The number of hydrogen-bond donors (Lipinski definition) is 1. The Morgan fingerprint density at radius 1 is 1.35 bits per heavy atom. The standard InChI is InChI=1S/C14H14Cl2N2O2/c1-8-11(9(2)20-18-8)4-6-14(19)17-13-7-10(15)3-5-12(13)16/h3,5,7H,4,6H2,1-2H3,(H,17,19). The maximum Gasteiger partial charge on any atom is 0.224 e. The molecule has 0 spiro atoms. The van der Waals surface area contributed by atoms with Gasteiger partial charge in [-0.3, -0.25) is 4.79 Å². The fourth-order valence-corrected chi connectivity index (χ4v) is 2.24. The molecular formula is C14H14Cl2N2O2. The van der Waals surface area contributed by atoms with Crippen molar-refractivity contribution >= 4 is 34.8 Å². The van der Waals surface area contributed by atoms with Crippen LogP contribution in [0.15, 0.2) is 22.7 Å². The number of aromatic nitrogens is 1. The van der Waals surface area contributed by atoms with Crippen LogP contribution in [0, 0.1) is 13.8 Å². The molecule has 1 N–H and O–H groups in total. The van der Waals surface area contributed by atoms with Gasteiger partial charge >= 0.3 is 0 Å². The maximum atomic E-state index is 11.9. The van der Waals surface area contributed by atoms with Crippen molar-refractivity contribution in [3.05, 3.63) is 45.3 Å². The largest absolute Gasteiger partial charge is 0.361 e. The minimum absolute atomic E-state index is 0.130. The van der Waals surface area contributed by atoms with Crippen molar-refractivity contribution < 1.29 is 9.32 Å². The quantitative estimate of drug-likeness (QED) is 0.921. The van der Waals surface area contributed by atoms with Crippen LogP contribution in [-0.2, 0) is 11.2 Å². The number of nitrogens with one attached hydrogen (secondary N) is 1. The van der Waals surface area contributed by atoms with Crippen LogP contribution >= 0.6 is 23.2 Å². The molecule has 0 saturated heterocycles. The van der Waals surface area contributed by atoms with Gasteiger partial charge in [-0.05, 0) is 38.5 Å². The first-order chi connectivity index (χ1) is 9.47. The third kappa shape index (κ3) is 3.52. The summed E-state index contributed by atoms with van der Waals surface area (Å²) in [6, 6.07) is 4.94. The number of aryl methyl sites for hydroxylation is 2. The predicted molar refractivity (Wildman–Crippen MR) is 79.4 cm³/mol. The molecule has 106 valence electrons. The number of amides is 1. The van der Waals surface area contributed by atoms with E-state index in [9.17, 15) is 4.79 Å². The summed E-state index contributed by atoms with van der Waals surface area (Å²) in [4.78, 5) is 11.9. The summed E-state index contributed by atoms with van der Waals surface area (Å²) >= 11 is 11.9. The summed E-state index contributed by atoms with van der Waals surface area (Å²) in [5.74, 6) is 0.616. The monoisotopic (exact) mass is 312 g/mol. The number of benzene rings is 1. The van der Waals surface area contributed by atoms with E-state index >= 15 is 0 Å². The summed E-state index contributed by atoms with van der Waals surface area (Å²) in [5.41, 5.74) is 2.30. The average molecular weight is 313 g/mol. The zero-order valence-corrected chi connectivity index (χ0v) is 12.7. The third-order valence-electron chi connectivity index (χ3n) is 2.99. The van der Waals surface area contributed by atoms with Crippen LogP contribution in [0.1, 0.15) is 23.4 Å². The molecule has 20 heavy (non-hydrogen) atoms. The number of carbonyl (C=O) groups is 1. The number of hydrogen-bond acceptors (Lipinski definition) is 3. The molecule has 6 heteroatoms. The first-order valence-electron chi connectivity index (χ1n) is 6.14. The van der Waals surface area contributed by atoms with E-state index in [1.807, 2.05) is 13.8 Å². The summed E-state index contributed by atoms with van der Waals surface area (Å²) < 4.78 is 5.06. The van der Waals surface area contributed by atoms with Gasteiger partial charge in [0, 0.05) is 17.0 Å². The molecule has 1 aromatic heterocycles. The highest BCUT2D eigenvalue weighted by Gasteiger charge is 2.12. The molecule has 0 saturated carbocycles. The van der Waals surface area contributed by atoms with Gasteiger partial charge < -0.3 is 9.84 Å². The van der Waals surface area contributed by atoms with E-state index in [2.05, 4.69) is 10.5 Å². The highest BCUT2D eigenvalue weighted by Crippen LogP contribution is 2.25. The summed E-state index contributed by atoms with van der Waals surface area (Å²) in [7, 11) is 0. The van der Waals surface area contributed by atoms with Gasteiger partial charge in [0.15, 0.2) is 0 Å². The Bertz CT molecular complexity index is 619. The third-order valence-corrected chi connectivity index (χ3v) is 3.55. The maximum absolute atomic E-state index is 11.9. The Morgan fingerprint density at radius 3 is 2.75 bits per heavy atom. The zero-order valence-electron chi connectivity index (χ0n) is 11.2. The van der Waals surface area contributed by atoms with Crippen molar-refractivity contribution in [1.29, 1.82) is 0 Å². The Labute approximate surface area is 127 Å². The predicted octanol–water partition coefficient (Wildman–Crippen LogP) is 4.17. The number of halogens is 2. The Balaban J connectivity index is 1.98. The molecule has 1 heterocycles. The van der Waals surface area contributed by atoms with E-state index in [1.54, 1.807) is 18.2 Å². The number of anilines is 1. The van der Waals surface area contributed by atoms with E-state index in [0.29, 0.717) is 28.6 Å². The number of carbonyl (C=O) groups excluding carboxylic acids is 1. The highest BCUT2D eigenvalue weighted by molar-refractivity contribution is 6.35. The van der Waals surface area contributed by atoms with Crippen molar-refractivity contribution in [2.75, 3.05) is 5.32 Å². The van der Waals surface area contributed by atoms with Crippen molar-refractivity contribution in [3.63, 3.8) is 0 Å². The summed E-state index contributed by atoms with van der Waals surface area (Å²) in [5, 5.41) is 7.59. The average Bonchev–Trinajstić information content (AvgIpc) is 2.71. The van der Waals surface area contributed by atoms with Crippen LogP contribution in [0.2, 0.25) is 10.0 Å². The van der Waals surface area contributed by atoms with Gasteiger partial charge in [0.1, 0.15) is 5.76 Å². The minimum atomic E-state index is -0.130. The lowest BCUT2D eigenvalue weighted by atomic mass is 10.1. The lowest BCUT2D eigenvalue weighted by molar-refractivity contribution is -0.116. The van der Waals surface area contributed by atoms with Gasteiger partial charge in [0.2, 0.25) is 5.91 Å². The Morgan fingerprint density at radius 2 is 2.10 bits per heavy atom. The molecule has 0 bridgehead atoms. The molecular weight excluding hydrogens is 299 g/mol. The second kappa shape index (κ2) is 6.29. The topological polar surface area (TPSA) is 55.1 Å². The van der Waals surface area contributed by atoms with Gasteiger partial charge in [-0.2, -0.15) is 0 Å². The van der Waals surface area contributed by atoms with Crippen molar-refractivity contribution in [3.8, 4) is 0 Å². The van der Waals surface area contributed by atoms with Crippen LogP contribution < -0.4 is 5.32 Å². The van der Waals surface area contributed by atoms with Gasteiger partial charge in [-0.25, -0.2) is 0 Å². The van der Waals surface area contributed by atoms with Crippen LogP contribution in [0.4, 0.5) is 5.69 Å². The molecule has 1 aromatic carbocycles. The van der Waals surface area contributed by atoms with Crippen molar-refractivity contribution in [2.45, 2.75) is 26.7 Å². The lowest BCUT2D eigenvalue weighted by Gasteiger charge is -2.07. The van der Waals surface area contributed by atoms with Crippen LogP contribution in [0.25, 0.3) is 0 Å². The van der Waals surface area contributed by atoms with Crippen LogP contribution in [0.3, 0.4) is 0 Å². The molecule has 2 aromatic rings. The van der Waals surface area contributed by atoms with E-state index in [1.165, 1.54) is 0 Å². The number of nitrogens with zero attached hydrogens (tertiary/aromatic N) is 1. The molecule has 0 unspecified atom stereocenters. The lowest BCUT2D eigenvalue weighted by Crippen LogP contribution is -2.13. The second-order valence-electron chi connectivity index (χ2n) is 4.48. The minimum Gasteiger partial charge on any atom is -0.361 e. The molecule has 4 nitrogen and oxygen atoms in total. The molecule has 0 atom stereocenters. The number of rotatable bonds is 4. The van der Waals surface area contributed by atoms with Crippen LogP contribution in [-0.4, -0.2) is 11.1 Å². The van der Waals surface area contributed by atoms with E-state index < -0.39 is 0 Å². The van der Waals surface area contributed by atoms with Crippen molar-refractivity contribution in [2.24, 2.45) is 0 Å². The van der Waals surface area contributed by atoms with Crippen molar-refractivity contribution in [1.82, 2.24) is 5.16 Å². The first-order valence-corrected chi connectivity index (χ1v) is 6.89. The first kappa shape index (κ1) is 14.9. The Kier molecular flexibility index (Phi) is 4.68. The van der Waals surface area contributed by atoms with E-state index in [4.69, 9.17) is 27.7 Å². The van der Waals surface area contributed by atoms with Crippen LogP contribution in [0.5, 0.6) is 0 Å². The van der Waals surface area contributed by atoms with Gasteiger partial charge in [0.05, 0.1) is 16.4 Å². The fourth-order valence-electron chi connectivity index (χ4n) is 1.90. The molecule has 0 fully saturated rings. The fraction of sp³-hybridized carbons (Fsp3) is 0.286. The highest BCUT2D eigenvalue weighted by atomic mass is 35.5. The van der Waals surface area contributed by atoms with Gasteiger partial charge in [-0.15, -0.1) is 0 Å². The molecule has 0 aliphatic rings. The Hall–Kier alpha value is -1.52. The van der Waals surface area contributed by atoms with E-state index in [-0.39, 0.29) is 5.91 Å². The molecule has 0 radical (unpaired) electrons. The molecule has 2 rings (SSSR count). The summed E-state index contributed by atoms with van der Waals surface area (Å²) in [6.45, 7) is 3.69. The molecule has 0 aliphatic heterocycles. The zero-order chi connectivity index (χ0) is 14.7. The van der Waals surface area contributed by atoms with Gasteiger partial charge in [0.25, 0.3) is 0 Å². The van der Waals surface area contributed by atoms with Gasteiger partial charge in [-0.1, -0.05) is 28.4 Å². The smallest absolute Gasteiger partial charge is 0.224 e. The second-order valence-corrected chi connectivity index (χ2v) is 5.32. The normalized spacial score (nSPS) is 10.6. The van der Waals surface area contributed by atoms with E-state index in [0.717, 1.165) is 17.0 Å². The molecule has 0 aliphatic carbocycles. The summed E-state index contributed by atoms with van der Waals surface area (Å²) in [6.07, 6.45) is 0.900. The molecule has 1 amide bonds.